The maximum absolute atomic E-state index is 11.9. The van der Waals surface area contributed by atoms with Crippen LogP contribution in [-0.2, 0) is 7.05 Å². The zero-order valence-corrected chi connectivity index (χ0v) is 8.97. The molecule has 1 aliphatic rings. The van der Waals surface area contributed by atoms with Crippen molar-refractivity contribution in [1.29, 1.82) is 0 Å². The first-order valence-electron chi connectivity index (χ1n) is 5.06. The predicted molar refractivity (Wildman–Crippen MR) is 54.5 cm³/mol. The third-order valence-electron chi connectivity index (χ3n) is 2.78. The molecule has 0 aliphatic carbocycles. The molecule has 5 nitrogen and oxygen atoms in total. The number of nitrogens with zero attached hydrogens (tertiary/aromatic N) is 3. The van der Waals surface area contributed by atoms with E-state index in [-0.39, 0.29) is 12.0 Å². The molecule has 15 heavy (non-hydrogen) atoms. The topological polar surface area (TPSA) is 58.4 Å². The highest BCUT2D eigenvalue weighted by Crippen LogP contribution is 2.13. The Balaban J connectivity index is 2.14. The normalized spacial score (nSPS) is 21.0. The van der Waals surface area contributed by atoms with Gasteiger partial charge in [0.2, 0.25) is 0 Å². The summed E-state index contributed by atoms with van der Waals surface area (Å²) in [6.07, 6.45) is 0.288. The van der Waals surface area contributed by atoms with Gasteiger partial charge in [0.05, 0.1) is 6.10 Å². The van der Waals surface area contributed by atoms with E-state index in [0.29, 0.717) is 25.2 Å². The van der Waals surface area contributed by atoms with Gasteiger partial charge in [-0.1, -0.05) is 0 Å². The smallest absolute Gasteiger partial charge is 0.274 e. The highest BCUT2D eigenvalue weighted by atomic mass is 16.3. The van der Waals surface area contributed by atoms with Crippen LogP contribution in [0.4, 0.5) is 0 Å². The number of carbonyl (C=O) groups is 1. The lowest BCUT2D eigenvalue weighted by Crippen LogP contribution is -2.29. The lowest BCUT2D eigenvalue weighted by atomic mass is 10.3. The molecule has 2 heterocycles. The zero-order chi connectivity index (χ0) is 11.0. The van der Waals surface area contributed by atoms with Crippen molar-refractivity contribution >= 4 is 5.91 Å². The molecule has 82 valence electrons. The Morgan fingerprint density at radius 3 is 2.87 bits per heavy atom. The number of hydrogen-bond donors (Lipinski definition) is 1. The minimum atomic E-state index is -0.376. The minimum absolute atomic E-state index is 0.0877. The third-order valence-corrected chi connectivity index (χ3v) is 2.78. The average Bonchev–Trinajstić information content (AvgIpc) is 2.74. The molecule has 0 bridgehead atoms. The number of aromatic nitrogens is 2. The summed E-state index contributed by atoms with van der Waals surface area (Å²) in [7, 11) is 1.81. The molecule has 0 saturated carbocycles. The second kappa shape index (κ2) is 3.66. The molecule has 1 atom stereocenters. The van der Waals surface area contributed by atoms with Gasteiger partial charge in [0, 0.05) is 25.8 Å². The van der Waals surface area contributed by atoms with Gasteiger partial charge in [0.1, 0.15) is 0 Å². The van der Waals surface area contributed by atoms with Crippen molar-refractivity contribution in [3.05, 3.63) is 17.5 Å². The summed E-state index contributed by atoms with van der Waals surface area (Å²) in [5, 5.41) is 13.5. The van der Waals surface area contributed by atoms with Gasteiger partial charge in [-0.15, -0.1) is 0 Å². The van der Waals surface area contributed by atoms with Gasteiger partial charge in [0.25, 0.3) is 5.91 Å². The largest absolute Gasteiger partial charge is 0.391 e. The molecule has 1 N–H and O–H groups in total. The van der Waals surface area contributed by atoms with Crippen LogP contribution in [0.15, 0.2) is 6.07 Å². The summed E-state index contributed by atoms with van der Waals surface area (Å²) in [5.41, 5.74) is 1.42. The fourth-order valence-corrected chi connectivity index (χ4v) is 1.75. The van der Waals surface area contributed by atoms with E-state index in [2.05, 4.69) is 5.10 Å². The summed E-state index contributed by atoms with van der Waals surface area (Å²) < 4.78 is 1.68. The lowest BCUT2D eigenvalue weighted by Gasteiger charge is -2.13. The van der Waals surface area contributed by atoms with Gasteiger partial charge in [-0.2, -0.15) is 5.10 Å². The Morgan fingerprint density at radius 2 is 2.40 bits per heavy atom. The van der Waals surface area contributed by atoms with Crippen LogP contribution in [0.1, 0.15) is 22.6 Å². The van der Waals surface area contributed by atoms with Gasteiger partial charge in [0.15, 0.2) is 5.69 Å². The highest BCUT2D eigenvalue weighted by Gasteiger charge is 2.26. The summed E-state index contributed by atoms with van der Waals surface area (Å²) in [4.78, 5) is 13.5. The number of hydrogen-bond acceptors (Lipinski definition) is 3. The Bertz CT molecular complexity index is 367. The maximum Gasteiger partial charge on any atom is 0.274 e. The molecular formula is C10H15N3O2. The standard InChI is InChI=1S/C10H15N3O2/c1-7-5-9(11-12(7)2)10(15)13-4-3-8(14)6-13/h5,8,14H,3-4,6H2,1-2H3/t8-/m1/s1. The Labute approximate surface area is 88.3 Å². The molecule has 1 fully saturated rings. The Hall–Kier alpha value is -1.36. The van der Waals surface area contributed by atoms with Crippen molar-refractivity contribution in [3.8, 4) is 0 Å². The van der Waals surface area contributed by atoms with Gasteiger partial charge >= 0.3 is 0 Å². The average molecular weight is 209 g/mol. The second-order valence-corrected chi connectivity index (χ2v) is 3.99. The van der Waals surface area contributed by atoms with E-state index in [9.17, 15) is 9.90 Å². The molecule has 2 rings (SSSR count). The van der Waals surface area contributed by atoms with Crippen LogP contribution in [-0.4, -0.2) is 44.9 Å². The maximum atomic E-state index is 11.9. The van der Waals surface area contributed by atoms with Crippen molar-refractivity contribution in [1.82, 2.24) is 14.7 Å². The van der Waals surface area contributed by atoms with Crippen molar-refractivity contribution in [2.24, 2.45) is 7.05 Å². The van der Waals surface area contributed by atoms with Crippen LogP contribution in [0.2, 0.25) is 0 Å². The number of likely N-dealkylation sites (tertiary alicyclic amines) is 1. The van der Waals surface area contributed by atoms with Gasteiger partial charge < -0.3 is 10.0 Å². The van der Waals surface area contributed by atoms with E-state index in [1.54, 1.807) is 15.6 Å². The summed E-state index contributed by atoms with van der Waals surface area (Å²) in [6.45, 7) is 2.95. The quantitative estimate of drug-likeness (QED) is 0.704. The Kier molecular flexibility index (Phi) is 2.48. The van der Waals surface area contributed by atoms with Gasteiger partial charge in [-0.05, 0) is 19.4 Å². The van der Waals surface area contributed by atoms with E-state index < -0.39 is 0 Å². The molecular weight excluding hydrogens is 194 g/mol. The zero-order valence-electron chi connectivity index (χ0n) is 8.97. The number of aryl methyl sites for hydroxylation is 2. The van der Waals surface area contributed by atoms with Crippen molar-refractivity contribution in [2.45, 2.75) is 19.4 Å². The fourth-order valence-electron chi connectivity index (χ4n) is 1.75. The predicted octanol–water partition coefficient (Wildman–Crippen LogP) is -0.0647. The van der Waals surface area contributed by atoms with Crippen LogP contribution in [0.5, 0.6) is 0 Å². The second-order valence-electron chi connectivity index (χ2n) is 3.99. The summed E-state index contributed by atoms with van der Waals surface area (Å²) in [5.74, 6) is -0.0877. The molecule has 1 saturated heterocycles. The number of carbonyl (C=O) groups excluding carboxylic acids is 1. The number of β-amino-alcohol motifs (C(OH)–C–C–N with tert-alkyl or cyclic N) is 1. The molecule has 1 aliphatic heterocycles. The van der Waals surface area contributed by atoms with E-state index in [1.807, 2.05) is 14.0 Å². The van der Waals surface area contributed by atoms with Crippen molar-refractivity contribution in [2.75, 3.05) is 13.1 Å². The minimum Gasteiger partial charge on any atom is -0.391 e. The molecule has 5 heteroatoms. The number of rotatable bonds is 1. The van der Waals surface area contributed by atoms with Crippen molar-refractivity contribution < 1.29 is 9.90 Å². The monoisotopic (exact) mass is 209 g/mol. The molecule has 0 radical (unpaired) electrons. The molecule has 0 spiro atoms. The molecule has 1 aromatic heterocycles. The van der Waals surface area contributed by atoms with Crippen LogP contribution >= 0.6 is 0 Å². The van der Waals surface area contributed by atoms with Gasteiger partial charge in [-0.3, -0.25) is 9.48 Å². The first kappa shape index (κ1) is 10.2. The first-order chi connectivity index (χ1) is 7.08. The molecule has 0 unspecified atom stereocenters. The number of amides is 1. The van der Waals surface area contributed by atoms with Crippen molar-refractivity contribution in [3.63, 3.8) is 0 Å². The van der Waals surface area contributed by atoms with Crippen LogP contribution in [0, 0.1) is 6.92 Å². The van der Waals surface area contributed by atoms with Gasteiger partial charge in [-0.25, -0.2) is 0 Å². The SMILES string of the molecule is Cc1cc(C(=O)N2CC[C@@H](O)C2)nn1C. The third kappa shape index (κ3) is 1.87. The highest BCUT2D eigenvalue weighted by molar-refractivity contribution is 5.92. The Morgan fingerprint density at radius 1 is 1.67 bits per heavy atom. The first-order valence-corrected chi connectivity index (χ1v) is 5.06. The van der Waals surface area contributed by atoms with Crippen LogP contribution in [0.3, 0.4) is 0 Å². The van der Waals surface area contributed by atoms with E-state index in [1.165, 1.54) is 0 Å². The van der Waals surface area contributed by atoms with Crippen LogP contribution < -0.4 is 0 Å². The molecule has 1 aromatic rings. The lowest BCUT2D eigenvalue weighted by molar-refractivity contribution is 0.0758. The van der Waals surface area contributed by atoms with Crippen LogP contribution in [0.25, 0.3) is 0 Å². The molecule has 1 amide bonds. The number of aliphatic hydroxyl groups is 1. The van der Waals surface area contributed by atoms with E-state index in [4.69, 9.17) is 0 Å². The summed E-state index contributed by atoms with van der Waals surface area (Å²) in [6, 6.07) is 1.77. The molecule has 0 aromatic carbocycles. The summed E-state index contributed by atoms with van der Waals surface area (Å²) >= 11 is 0. The van der Waals surface area contributed by atoms with E-state index >= 15 is 0 Å². The van der Waals surface area contributed by atoms with E-state index in [0.717, 1.165) is 5.69 Å². The number of aliphatic hydroxyl groups excluding tert-OH is 1. The fraction of sp³-hybridized carbons (Fsp3) is 0.600.